The molecule has 32 heavy (non-hydrogen) atoms. The second-order valence-electron chi connectivity index (χ2n) is 10.1. The molecule has 0 fully saturated rings. The minimum absolute atomic E-state index is 0.165. The largest absolute Gasteiger partial charge is 0.384 e. The minimum Gasteiger partial charge on any atom is -0.384 e. The van der Waals surface area contributed by atoms with Crippen LogP contribution < -0.4 is 5.32 Å². The molecule has 1 aliphatic rings. The third-order valence-electron chi connectivity index (χ3n) is 6.12. The number of nitrogens with zero attached hydrogens (tertiary/aromatic N) is 4. The number of anilines is 1. The van der Waals surface area contributed by atoms with Crippen LogP contribution >= 0.6 is 0 Å². The van der Waals surface area contributed by atoms with Gasteiger partial charge in [-0.1, -0.05) is 13.8 Å². The van der Waals surface area contributed by atoms with Crippen LogP contribution in [0.1, 0.15) is 63.1 Å². The molecule has 0 aliphatic carbocycles. The maximum absolute atomic E-state index is 13.0. The Hall–Kier alpha value is -3.06. The molecule has 0 saturated carbocycles. The van der Waals surface area contributed by atoms with Crippen LogP contribution in [0.25, 0.3) is 11.1 Å². The van der Waals surface area contributed by atoms with Crippen molar-refractivity contribution in [3.63, 3.8) is 0 Å². The van der Waals surface area contributed by atoms with Crippen molar-refractivity contribution in [3.8, 4) is 11.1 Å². The Morgan fingerprint density at radius 2 is 1.97 bits per heavy atom. The second-order valence-corrected chi connectivity index (χ2v) is 10.1. The molecular weight excluding hydrogens is 402 g/mol. The number of aryl methyl sites for hydroxylation is 1. The number of carbonyl (C=O) groups is 1. The normalized spacial score (nSPS) is 16.0. The molecule has 0 aromatic carbocycles. The van der Waals surface area contributed by atoms with Crippen LogP contribution in [0.5, 0.6) is 0 Å². The Balaban J connectivity index is 1.57. The molecule has 1 amide bonds. The highest BCUT2D eigenvalue weighted by Gasteiger charge is 2.32. The van der Waals surface area contributed by atoms with Gasteiger partial charge in [-0.25, -0.2) is 4.98 Å². The number of pyridine rings is 2. The van der Waals surface area contributed by atoms with E-state index in [9.17, 15) is 9.90 Å². The molecule has 0 bridgehead atoms. The first-order chi connectivity index (χ1) is 14.9. The first-order valence-corrected chi connectivity index (χ1v) is 11.0. The lowest BCUT2D eigenvalue weighted by Gasteiger charge is -2.19. The van der Waals surface area contributed by atoms with E-state index in [2.05, 4.69) is 38.9 Å². The van der Waals surface area contributed by atoms with Crippen molar-refractivity contribution in [2.24, 2.45) is 5.41 Å². The van der Waals surface area contributed by atoms with Crippen molar-refractivity contribution in [2.45, 2.75) is 66.0 Å². The first-order valence-electron chi connectivity index (χ1n) is 11.0. The van der Waals surface area contributed by atoms with Crippen molar-refractivity contribution in [1.82, 2.24) is 19.7 Å². The second kappa shape index (κ2) is 7.81. The van der Waals surface area contributed by atoms with Gasteiger partial charge in [0.05, 0.1) is 17.8 Å². The van der Waals surface area contributed by atoms with Crippen molar-refractivity contribution in [2.75, 3.05) is 5.32 Å². The Kier molecular flexibility index (Phi) is 5.41. The van der Waals surface area contributed by atoms with Crippen molar-refractivity contribution < 1.29 is 9.90 Å². The van der Waals surface area contributed by atoms with Crippen LogP contribution in [0.4, 0.5) is 5.82 Å². The number of rotatable bonds is 5. The molecule has 1 aliphatic heterocycles. The van der Waals surface area contributed by atoms with Gasteiger partial charge in [0.15, 0.2) is 0 Å². The topological polar surface area (TPSA) is 92.9 Å². The Labute approximate surface area is 188 Å². The Morgan fingerprint density at radius 3 is 2.69 bits per heavy atom. The van der Waals surface area contributed by atoms with Crippen LogP contribution in [0.2, 0.25) is 0 Å². The van der Waals surface area contributed by atoms with Crippen LogP contribution in [0, 0.1) is 12.3 Å². The molecule has 1 atom stereocenters. The summed E-state index contributed by atoms with van der Waals surface area (Å²) in [6.45, 7) is 12.6. The third-order valence-corrected chi connectivity index (χ3v) is 6.12. The highest BCUT2D eigenvalue weighted by molar-refractivity contribution is 5.95. The number of aliphatic hydroxyl groups is 1. The molecule has 3 aromatic rings. The van der Waals surface area contributed by atoms with Gasteiger partial charge in [0.1, 0.15) is 11.4 Å². The number of carbonyl (C=O) groups excluding carboxylic acids is 1. The number of amides is 1. The summed E-state index contributed by atoms with van der Waals surface area (Å²) in [5.74, 6) is -0.0789. The lowest BCUT2D eigenvalue weighted by Crippen LogP contribution is -2.22. The van der Waals surface area contributed by atoms with E-state index in [-0.39, 0.29) is 11.3 Å². The van der Waals surface area contributed by atoms with E-state index in [1.807, 2.05) is 26.1 Å². The quantitative estimate of drug-likeness (QED) is 0.629. The van der Waals surface area contributed by atoms with Gasteiger partial charge in [0, 0.05) is 30.2 Å². The smallest absolute Gasteiger partial charge is 0.232 e. The van der Waals surface area contributed by atoms with Gasteiger partial charge < -0.3 is 10.4 Å². The Bertz CT molecular complexity index is 1170. The average Bonchev–Trinajstić information content (AvgIpc) is 3.23. The van der Waals surface area contributed by atoms with E-state index >= 15 is 0 Å². The van der Waals surface area contributed by atoms with E-state index in [1.54, 1.807) is 38.4 Å². The zero-order chi connectivity index (χ0) is 23.3. The molecule has 168 valence electrons. The number of aromatic nitrogens is 4. The number of hydrogen-bond acceptors (Lipinski definition) is 5. The van der Waals surface area contributed by atoms with Gasteiger partial charge in [0.25, 0.3) is 0 Å². The summed E-state index contributed by atoms with van der Waals surface area (Å²) in [6.07, 6.45) is 6.29. The summed E-state index contributed by atoms with van der Waals surface area (Å²) in [4.78, 5) is 21.6. The predicted molar refractivity (Wildman–Crippen MR) is 124 cm³/mol. The SMILES string of the molecule is Cc1cnc(NC(=O)[C@H](C)c2ccnc(C(C)(C)O)c2)cc1-c1cnn2c1CC(C)(C)C2. The molecule has 7 heteroatoms. The van der Waals surface area contributed by atoms with Gasteiger partial charge >= 0.3 is 0 Å². The summed E-state index contributed by atoms with van der Waals surface area (Å²) >= 11 is 0. The summed E-state index contributed by atoms with van der Waals surface area (Å²) in [5, 5.41) is 17.8. The van der Waals surface area contributed by atoms with E-state index in [1.165, 1.54) is 5.69 Å². The van der Waals surface area contributed by atoms with Crippen LogP contribution in [-0.4, -0.2) is 30.8 Å². The maximum Gasteiger partial charge on any atom is 0.232 e. The number of fused-ring (bicyclic) bond motifs is 1. The fraction of sp³-hybridized carbons (Fsp3) is 0.440. The first kappa shape index (κ1) is 22.1. The lowest BCUT2D eigenvalue weighted by atomic mass is 9.89. The zero-order valence-electron chi connectivity index (χ0n) is 19.6. The fourth-order valence-corrected chi connectivity index (χ4v) is 4.19. The van der Waals surface area contributed by atoms with E-state index in [0.29, 0.717) is 11.5 Å². The maximum atomic E-state index is 13.0. The van der Waals surface area contributed by atoms with Gasteiger partial charge in [-0.15, -0.1) is 0 Å². The third kappa shape index (κ3) is 4.30. The molecule has 4 heterocycles. The minimum atomic E-state index is -1.07. The lowest BCUT2D eigenvalue weighted by molar-refractivity contribution is -0.117. The molecule has 2 N–H and O–H groups in total. The summed E-state index contributed by atoms with van der Waals surface area (Å²) < 4.78 is 2.08. The average molecular weight is 434 g/mol. The van der Waals surface area contributed by atoms with Gasteiger partial charge in [-0.2, -0.15) is 5.10 Å². The summed E-state index contributed by atoms with van der Waals surface area (Å²) in [6, 6.07) is 5.50. The van der Waals surface area contributed by atoms with Gasteiger partial charge in [0.2, 0.25) is 5.91 Å². The monoisotopic (exact) mass is 433 g/mol. The Morgan fingerprint density at radius 1 is 1.22 bits per heavy atom. The molecular formula is C25H31N5O2. The van der Waals surface area contributed by atoms with Gasteiger partial charge in [-0.05, 0) is 74.4 Å². The van der Waals surface area contributed by atoms with Crippen LogP contribution in [0.3, 0.4) is 0 Å². The van der Waals surface area contributed by atoms with Crippen LogP contribution in [-0.2, 0) is 23.4 Å². The highest BCUT2D eigenvalue weighted by Crippen LogP contribution is 2.38. The predicted octanol–water partition coefficient (Wildman–Crippen LogP) is 4.20. The molecule has 0 saturated heterocycles. The molecule has 3 aromatic heterocycles. The molecule has 0 radical (unpaired) electrons. The molecule has 0 unspecified atom stereocenters. The zero-order valence-corrected chi connectivity index (χ0v) is 19.6. The summed E-state index contributed by atoms with van der Waals surface area (Å²) in [7, 11) is 0. The number of nitrogens with one attached hydrogen (secondary N) is 1. The van der Waals surface area contributed by atoms with Gasteiger partial charge in [-0.3, -0.25) is 14.5 Å². The molecule has 4 rings (SSSR count). The van der Waals surface area contributed by atoms with Crippen molar-refractivity contribution in [3.05, 3.63) is 59.3 Å². The van der Waals surface area contributed by atoms with E-state index < -0.39 is 11.5 Å². The van der Waals surface area contributed by atoms with Crippen molar-refractivity contribution >= 4 is 11.7 Å². The number of hydrogen-bond donors (Lipinski definition) is 2. The summed E-state index contributed by atoms with van der Waals surface area (Å²) in [5.41, 5.74) is 4.85. The fourth-order valence-electron chi connectivity index (χ4n) is 4.19. The van der Waals surface area contributed by atoms with Crippen molar-refractivity contribution in [1.29, 1.82) is 0 Å². The molecule has 7 nitrogen and oxygen atoms in total. The highest BCUT2D eigenvalue weighted by atomic mass is 16.3. The van der Waals surface area contributed by atoms with E-state index in [4.69, 9.17) is 0 Å². The van der Waals surface area contributed by atoms with E-state index in [0.717, 1.165) is 35.2 Å². The molecule has 0 spiro atoms. The standard InChI is InChI=1S/C25H31N5O2/c1-15-12-27-22(10-18(15)19-13-28-30-14-24(3,4)11-20(19)30)29-23(31)16(2)17-7-8-26-21(9-17)25(5,6)32/h7-10,12-13,16,32H,11,14H2,1-6H3,(H,27,29,31)/t16-/m1/s1. The van der Waals surface area contributed by atoms with Crippen LogP contribution in [0.15, 0.2) is 36.8 Å².